The molecule has 112 valence electrons. The number of nitrogens with zero attached hydrogens (tertiary/aromatic N) is 2. The maximum atomic E-state index is 12.0. The van der Waals surface area contributed by atoms with Gasteiger partial charge in [0.05, 0.1) is 12.2 Å². The lowest BCUT2D eigenvalue weighted by molar-refractivity contribution is -0.123. The monoisotopic (exact) mass is 299 g/mol. The van der Waals surface area contributed by atoms with Crippen LogP contribution in [0, 0.1) is 0 Å². The van der Waals surface area contributed by atoms with Crippen LogP contribution in [0.4, 0.5) is 5.82 Å². The Morgan fingerprint density at radius 2 is 1.95 bits per heavy atom. The lowest BCUT2D eigenvalue weighted by Crippen LogP contribution is -2.47. The van der Waals surface area contributed by atoms with E-state index < -0.39 is 20.5 Å². The number of hydrogen-bond donors (Lipinski definition) is 1. The van der Waals surface area contributed by atoms with E-state index in [0.717, 1.165) is 12.1 Å². The van der Waals surface area contributed by atoms with Gasteiger partial charge in [0.1, 0.15) is 10.6 Å². The summed E-state index contributed by atoms with van der Waals surface area (Å²) in [7, 11) is 0.277. The molecule has 0 spiro atoms. The molecule has 0 atom stereocenters. The van der Waals surface area contributed by atoms with Crippen molar-refractivity contribution in [3.8, 4) is 0 Å². The van der Waals surface area contributed by atoms with Gasteiger partial charge in [-0.15, -0.1) is 0 Å². The Labute approximate surface area is 120 Å². The summed E-state index contributed by atoms with van der Waals surface area (Å²) in [5.74, 6) is 0.246. The first kappa shape index (κ1) is 16.4. The van der Waals surface area contributed by atoms with Crippen molar-refractivity contribution < 1.29 is 13.2 Å². The number of hydrogen-bond acceptors (Lipinski definition) is 5. The number of carbonyl (C=O) groups excluding carboxylic acids is 1. The molecule has 1 amide bonds. The molecule has 0 fully saturated rings. The van der Waals surface area contributed by atoms with Crippen LogP contribution in [0.15, 0.2) is 18.2 Å². The predicted molar refractivity (Wildman–Crippen MR) is 79.3 cm³/mol. The van der Waals surface area contributed by atoms with Crippen LogP contribution in [0.25, 0.3) is 0 Å². The molecular weight excluding hydrogens is 278 g/mol. The summed E-state index contributed by atoms with van der Waals surface area (Å²) in [5, 5.41) is 2.61. The highest BCUT2D eigenvalue weighted by Gasteiger charge is 2.38. The number of nitrogens with one attached hydrogen (secondary N) is 1. The van der Waals surface area contributed by atoms with Gasteiger partial charge in [0, 0.05) is 20.4 Å². The van der Waals surface area contributed by atoms with E-state index >= 15 is 0 Å². The van der Waals surface area contributed by atoms with E-state index in [1.54, 1.807) is 6.07 Å². The van der Waals surface area contributed by atoms with Gasteiger partial charge in [-0.1, -0.05) is 6.07 Å². The average molecular weight is 299 g/mol. The van der Waals surface area contributed by atoms with Crippen LogP contribution in [-0.2, 0) is 21.2 Å². The number of rotatable bonds is 5. The molecule has 1 aromatic rings. The quantitative estimate of drug-likeness (QED) is 0.860. The van der Waals surface area contributed by atoms with Crippen molar-refractivity contribution >= 4 is 21.6 Å². The smallest absolute Gasteiger partial charge is 0.241 e. The summed E-state index contributed by atoms with van der Waals surface area (Å²) in [6.07, 6.45) is 1.05. The third kappa shape index (κ3) is 3.69. The van der Waals surface area contributed by atoms with Crippen LogP contribution in [0.3, 0.4) is 0 Å². The van der Waals surface area contributed by atoms with E-state index in [4.69, 9.17) is 0 Å². The fraction of sp³-hybridized carbons (Fsp3) is 0.538. The van der Waals surface area contributed by atoms with Crippen LogP contribution in [-0.4, -0.2) is 44.4 Å². The van der Waals surface area contributed by atoms with Gasteiger partial charge in [0.15, 0.2) is 9.84 Å². The highest BCUT2D eigenvalue weighted by atomic mass is 32.2. The summed E-state index contributed by atoms with van der Waals surface area (Å²) < 4.78 is 21.7. The first-order chi connectivity index (χ1) is 9.05. The average Bonchev–Trinajstić information content (AvgIpc) is 2.34. The van der Waals surface area contributed by atoms with E-state index in [9.17, 15) is 13.2 Å². The van der Waals surface area contributed by atoms with Gasteiger partial charge in [-0.3, -0.25) is 4.79 Å². The van der Waals surface area contributed by atoms with Crippen molar-refractivity contribution in [2.75, 3.05) is 25.3 Å². The molecular formula is C13H21N3O3S. The number of amides is 1. The minimum absolute atomic E-state index is 0.194. The summed E-state index contributed by atoms with van der Waals surface area (Å²) >= 11 is 0. The third-order valence-electron chi connectivity index (χ3n) is 3.15. The maximum absolute atomic E-state index is 12.0. The van der Waals surface area contributed by atoms with Gasteiger partial charge in [0.2, 0.25) is 5.91 Å². The van der Waals surface area contributed by atoms with Crippen LogP contribution < -0.4 is 10.2 Å². The zero-order valence-electron chi connectivity index (χ0n) is 12.5. The van der Waals surface area contributed by atoms with Crippen molar-refractivity contribution in [2.24, 2.45) is 0 Å². The summed E-state index contributed by atoms with van der Waals surface area (Å²) in [5.41, 5.74) is 0.675. The van der Waals surface area contributed by atoms with Crippen molar-refractivity contribution in [1.29, 1.82) is 0 Å². The molecule has 7 heteroatoms. The number of sulfone groups is 1. The lowest BCUT2D eigenvalue weighted by atomic mass is 10.2. The van der Waals surface area contributed by atoms with Crippen LogP contribution in [0.5, 0.6) is 0 Å². The molecule has 0 unspecified atom stereocenters. The van der Waals surface area contributed by atoms with E-state index in [1.165, 1.54) is 13.8 Å². The molecule has 0 aliphatic heterocycles. The fourth-order valence-corrected chi connectivity index (χ4v) is 1.78. The molecule has 0 saturated carbocycles. The highest BCUT2D eigenvalue weighted by Crippen LogP contribution is 2.15. The number of aromatic nitrogens is 1. The van der Waals surface area contributed by atoms with Gasteiger partial charge in [-0.25, -0.2) is 13.4 Å². The first-order valence-corrected chi connectivity index (χ1v) is 8.06. The van der Waals surface area contributed by atoms with Crippen molar-refractivity contribution in [3.63, 3.8) is 0 Å². The first-order valence-electron chi connectivity index (χ1n) is 6.17. The summed E-state index contributed by atoms with van der Waals surface area (Å²) in [4.78, 5) is 18.2. The Hall–Kier alpha value is -1.63. The van der Waals surface area contributed by atoms with Gasteiger partial charge in [-0.05, 0) is 26.0 Å². The van der Waals surface area contributed by atoms with Crippen molar-refractivity contribution in [3.05, 3.63) is 23.9 Å². The standard InChI is InChI=1S/C13H21N3O3S/c1-13(2,20(5,18)19)12(17)14-9-10-7-6-8-11(15-10)16(3)4/h6-8H,9H2,1-5H3,(H,14,17). The van der Waals surface area contributed by atoms with Crippen molar-refractivity contribution in [2.45, 2.75) is 25.1 Å². The van der Waals surface area contributed by atoms with Gasteiger partial charge in [0.25, 0.3) is 0 Å². The summed E-state index contributed by atoms with van der Waals surface area (Å²) in [6.45, 7) is 2.97. The Morgan fingerprint density at radius 1 is 1.35 bits per heavy atom. The Morgan fingerprint density at radius 3 is 2.45 bits per heavy atom. The molecule has 0 radical (unpaired) electrons. The fourth-order valence-electron chi connectivity index (χ4n) is 1.37. The Balaban J connectivity index is 2.78. The minimum Gasteiger partial charge on any atom is -0.363 e. The van der Waals surface area contributed by atoms with Crippen LogP contribution in [0.1, 0.15) is 19.5 Å². The highest BCUT2D eigenvalue weighted by molar-refractivity contribution is 7.92. The SMILES string of the molecule is CN(C)c1cccc(CNC(=O)C(C)(C)S(C)(=O)=O)n1. The van der Waals surface area contributed by atoms with Crippen LogP contribution in [0.2, 0.25) is 0 Å². The van der Waals surface area contributed by atoms with Crippen LogP contribution >= 0.6 is 0 Å². The molecule has 0 aromatic carbocycles. The maximum Gasteiger partial charge on any atom is 0.241 e. The number of anilines is 1. The zero-order chi connectivity index (χ0) is 15.6. The Kier molecular flexibility index (Phi) is 4.75. The van der Waals surface area contributed by atoms with Gasteiger partial charge in [-0.2, -0.15) is 0 Å². The molecule has 1 heterocycles. The number of carbonyl (C=O) groups is 1. The van der Waals surface area contributed by atoms with Gasteiger partial charge < -0.3 is 10.2 Å². The van der Waals surface area contributed by atoms with E-state index in [1.807, 2.05) is 31.1 Å². The molecule has 0 bridgehead atoms. The zero-order valence-corrected chi connectivity index (χ0v) is 13.3. The molecule has 0 aliphatic carbocycles. The largest absolute Gasteiger partial charge is 0.363 e. The molecule has 1 rings (SSSR count). The molecule has 0 aliphatic rings. The van der Waals surface area contributed by atoms with E-state index in [2.05, 4.69) is 10.3 Å². The van der Waals surface area contributed by atoms with Gasteiger partial charge >= 0.3 is 0 Å². The number of pyridine rings is 1. The topological polar surface area (TPSA) is 79.4 Å². The van der Waals surface area contributed by atoms with E-state index in [-0.39, 0.29) is 6.54 Å². The minimum atomic E-state index is -3.47. The second-order valence-corrected chi connectivity index (χ2v) is 7.91. The molecule has 6 nitrogen and oxygen atoms in total. The Bertz CT molecular complexity index is 595. The second-order valence-electron chi connectivity index (χ2n) is 5.35. The summed E-state index contributed by atoms with van der Waals surface area (Å²) in [6, 6.07) is 5.47. The second kappa shape index (κ2) is 5.78. The third-order valence-corrected chi connectivity index (χ3v) is 5.19. The molecule has 1 aromatic heterocycles. The predicted octanol–water partition coefficient (Wildman–Crippen LogP) is 0.587. The van der Waals surface area contributed by atoms with E-state index in [0.29, 0.717) is 5.69 Å². The molecule has 0 saturated heterocycles. The normalized spacial score (nSPS) is 12.1. The lowest BCUT2D eigenvalue weighted by Gasteiger charge is -2.21. The van der Waals surface area contributed by atoms with Crippen molar-refractivity contribution in [1.82, 2.24) is 10.3 Å². The molecule has 1 N–H and O–H groups in total. The molecule has 20 heavy (non-hydrogen) atoms.